The van der Waals surface area contributed by atoms with Crippen molar-refractivity contribution in [2.45, 2.75) is 6.54 Å². The highest BCUT2D eigenvalue weighted by Gasteiger charge is 2.20. The summed E-state index contributed by atoms with van der Waals surface area (Å²) in [6.07, 6.45) is 1.71. The zero-order chi connectivity index (χ0) is 21.9. The lowest BCUT2D eigenvalue weighted by Crippen LogP contribution is -2.42. The summed E-state index contributed by atoms with van der Waals surface area (Å²) < 4.78 is 12.9. The molecule has 0 unspecified atom stereocenters. The molecule has 0 aliphatic carbocycles. The number of nitrogens with two attached hydrogens (primary N) is 1. The fourth-order valence-electron chi connectivity index (χ4n) is 3.84. The van der Waals surface area contributed by atoms with E-state index in [9.17, 15) is 4.79 Å². The van der Waals surface area contributed by atoms with Crippen LogP contribution in [-0.2, 0) is 16.1 Å². The smallest absolute Gasteiger partial charge is 0.244 e. The van der Waals surface area contributed by atoms with Crippen molar-refractivity contribution in [1.82, 2.24) is 19.7 Å². The Kier molecular flexibility index (Phi) is 5.43. The number of ether oxygens (including phenoxy) is 2. The number of rotatable bonds is 5. The monoisotopic (exact) mass is 429 g/mol. The largest absolute Gasteiger partial charge is 0.457 e. The normalized spacial score (nSPS) is 13.9. The molecule has 1 amide bonds. The van der Waals surface area contributed by atoms with E-state index in [0.29, 0.717) is 32.1 Å². The third-order valence-electron chi connectivity index (χ3n) is 5.45. The molecule has 0 radical (unpaired) electrons. The third kappa shape index (κ3) is 4.00. The number of benzene rings is 2. The van der Waals surface area contributed by atoms with Crippen molar-refractivity contribution >= 4 is 22.6 Å². The van der Waals surface area contributed by atoms with E-state index in [2.05, 4.69) is 10.1 Å². The van der Waals surface area contributed by atoms with E-state index < -0.39 is 0 Å². The molecule has 0 bridgehead atoms. The van der Waals surface area contributed by atoms with Crippen LogP contribution in [0.1, 0.15) is 0 Å². The molecule has 0 atom stereocenters. The van der Waals surface area contributed by atoms with Gasteiger partial charge in [0.15, 0.2) is 5.82 Å². The van der Waals surface area contributed by atoms with Crippen LogP contribution in [0.25, 0.3) is 22.2 Å². The summed E-state index contributed by atoms with van der Waals surface area (Å²) in [5.74, 6) is 1.85. The standard InChI is InChI=1S/C24H23N5O3/c25-24-22-20(29(27-24)16-21(30)28-12-14-31-15-13-28)10-11-26-23(22)17-6-8-19(9-7-17)32-18-4-2-1-3-5-18/h1-11H,12-16H2,(H2,25,27). The molecule has 32 heavy (non-hydrogen) atoms. The SMILES string of the molecule is Nc1nn(CC(=O)N2CCOCC2)c2ccnc(-c3ccc(Oc4ccccc4)cc3)c12. The van der Waals surface area contributed by atoms with Gasteiger partial charge in [0.1, 0.15) is 18.0 Å². The van der Waals surface area contributed by atoms with Gasteiger partial charge in [0.05, 0.1) is 29.8 Å². The molecule has 8 heteroatoms. The van der Waals surface area contributed by atoms with Gasteiger partial charge in [-0.1, -0.05) is 18.2 Å². The van der Waals surface area contributed by atoms with Crippen molar-refractivity contribution in [2.24, 2.45) is 0 Å². The summed E-state index contributed by atoms with van der Waals surface area (Å²) in [6.45, 7) is 2.44. The van der Waals surface area contributed by atoms with Crippen LogP contribution in [0.15, 0.2) is 66.9 Å². The minimum absolute atomic E-state index is 0.00141. The van der Waals surface area contributed by atoms with E-state index in [-0.39, 0.29) is 12.5 Å². The third-order valence-corrected chi connectivity index (χ3v) is 5.45. The van der Waals surface area contributed by atoms with Gasteiger partial charge in [-0.15, -0.1) is 0 Å². The summed E-state index contributed by atoms with van der Waals surface area (Å²) in [5, 5.41) is 5.17. The van der Waals surface area contributed by atoms with Gasteiger partial charge in [-0.05, 0) is 42.5 Å². The molecule has 0 spiro atoms. The van der Waals surface area contributed by atoms with Crippen LogP contribution in [-0.4, -0.2) is 51.9 Å². The fourth-order valence-corrected chi connectivity index (χ4v) is 3.84. The van der Waals surface area contributed by atoms with Crippen molar-refractivity contribution in [3.05, 3.63) is 66.9 Å². The number of nitrogen functional groups attached to an aromatic ring is 1. The Morgan fingerprint density at radius 1 is 1.00 bits per heavy atom. The average molecular weight is 429 g/mol. The van der Waals surface area contributed by atoms with Gasteiger partial charge in [0.25, 0.3) is 0 Å². The molecule has 2 aromatic heterocycles. The Labute approximate surface area is 185 Å². The van der Waals surface area contributed by atoms with E-state index in [1.54, 1.807) is 15.8 Å². The van der Waals surface area contributed by atoms with Crippen molar-refractivity contribution < 1.29 is 14.3 Å². The number of nitrogens with zero attached hydrogens (tertiary/aromatic N) is 4. The van der Waals surface area contributed by atoms with Gasteiger partial charge in [0.2, 0.25) is 5.91 Å². The Balaban J connectivity index is 1.42. The van der Waals surface area contributed by atoms with E-state index >= 15 is 0 Å². The van der Waals surface area contributed by atoms with Crippen molar-refractivity contribution in [2.75, 3.05) is 32.0 Å². The summed E-state index contributed by atoms with van der Waals surface area (Å²) in [7, 11) is 0. The number of hydrogen-bond acceptors (Lipinski definition) is 6. The zero-order valence-electron chi connectivity index (χ0n) is 17.5. The predicted molar refractivity (Wildman–Crippen MR) is 121 cm³/mol. The topological polar surface area (TPSA) is 95.5 Å². The lowest BCUT2D eigenvalue weighted by atomic mass is 10.1. The molecule has 4 aromatic rings. The van der Waals surface area contributed by atoms with E-state index in [1.165, 1.54) is 0 Å². The van der Waals surface area contributed by atoms with Crippen molar-refractivity contribution in [3.8, 4) is 22.8 Å². The van der Waals surface area contributed by atoms with E-state index in [1.807, 2.05) is 60.7 Å². The number of fused-ring (bicyclic) bond motifs is 1. The van der Waals surface area contributed by atoms with Crippen LogP contribution in [0.5, 0.6) is 11.5 Å². The van der Waals surface area contributed by atoms with E-state index in [0.717, 1.165) is 33.7 Å². The summed E-state index contributed by atoms with van der Waals surface area (Å²) in [5.41, 5.74) is 8.65. The van der Waals surface area contributed by atoms with Crippen molar-refractivity contribution in [1.29, 1.82) is 0 Å². The van der Waals surface area contributed by atoms with Crippen LogP contribution in [0.3, 0.4) is 0 Å². The number of carbonyl (C=O) groups excluding carboxylic acids is 1. The summed E-state index contributed by atoms with van der Waals surface area (Å²) in [6, 6.07) is 19.1. The lowest BCUT2D eigenvalue weighted by Gasteiger charge is -2.26. The van der Waals surface area contributed by atoms with Crippen LogP contribution < -0.4 is 10.5 Å². The Bertz CT molecular complexity index is 1230. The van der Waals surface area contributed by atoms with Gasteiger partial charge in [0, 0.05) is 24.8 Å². The molecule has 1 saturated heterocycles. The van der Waals surface area contributed by atoms with Gasteiger partial charge >= 0.3 is 0 Å². The number of amides is 1. The molecule has 5 rings (SSSR count). The second-order valence-electron chi connectivity index (χ2n) is 7.53. The van der Waals surface area contributed by atoms with Crippen LogP contribution in [0.4, 0.5) is 5.82 Å². The summed E-state index contributed by atoms with van der Waals surface area (Å²) >= 11 is 0. The number of morpholine rings is 1. The van der Waals surface area contributed by atoms with Crippen LogP contribution in [0.2, 0.25) is 0 Å². The first-order chi connectivity index (χ1) is 15.7. The average Bonchev–Trinajstić information content (AvgIpc) is 3.16. The second-order valence-corrected chi connectivity index (χ2v) is 7.53. The number of anilines is 1. The first-order valence-electron chi connectivity index (χ1n) is 10.5. The summed E-state index contributed by atoms with van der Waals surface area (Å²) in [4.78, 5) is 19.0. The van der Waals surface area contributed by atoms with Crippen molar-refractivity contribution in [3.63, 3.8) is 0 Å². The van der Waals surface area contributed by atoms with Gasteiger partial charge in [-0.2, -0.15) is 5.10 Å². The zero-order valence-corrected chi connectivity index (χ0v) is 17.5. The minimum Gasteiger partial charge on any atom is -0.457 e. The Morgan fingerprint density at radius 3 is 2.47 bits per heavy atom. The quantitative estimate of drug-likeness (QED) is 0.523. The molecule has 2 N–H and O–H groups in total. The molecule has 0 saturated carbocycles. The number of pyridine rings is 1. The molecule has 1 aliphatic rings. The molecule has 1 aliphatic heterocycles. The van der Waals surface area contributed by atoms with E-state index in [4.69, 9.17) is 15.2 Å². The molecule has 8 nitrogen and oxygen atoms in total. The number of aromatic nitrogens is 3. The minimum atomic E-state index is -0.00141. The molecule has 3 heterocycles. The van der Waals surface area contributed by atoms with Gasteiger partial charge < -0.3 is 20.1 Å². The highest BCUT2D eigenvalue weighted by atomic mass is 16.5. The predicted octanol–water partition coefficient (Wildman–Crippen LogP) is 3.33. The molecular weight excluding hydrogens is 406 g/mol. The highest BCUT2D eigenvalue weighted by molar-refractivity contribution is 6.00. The Hall–Kier alpha value is -3.91. The van der Waals surface area contributed by atoms with Crippen LogP contribution >= 0.6 is 0 Å². The lowest BCUT2D eigenvalue weighted by molar-refractivity contribution is -0.136. The molecule has 162 valence electrons. The van der Waals surface area contributed by atoms with Gasteiger partial charge in [-0.25, -0.2) is 0 Å². The highest BCUT2D eigenvalue weighted by Crippen LogP contribution is 2.32. The van der Waals surface area contributed by atoms with Gasteiger partial charge in [-0.3, -0.25) is 14.5 Å². The molecule has 2 aromatic carbocycles. The fraction of sp³-hybridized carbons (Fsp3) is 0.208. The first kappa shape index (κ1) is 20.0. The maximum atomic E-state index is 12.7. The Morgan fingerprint density at radius 2 is 1.72 bits per heavy atom. The number of carbonyl (C=O) groups is 1. The maximum absolute atomic E-state index is 12.7. The van der Waals surface area contributed by atoms with Crippen LogP contribution in [0, 0.1) is 0 Å². The molecular formula is C24H23N5O3. The maximum Gasteiger partial charge on any atom is 0.244 e. The number of hydrogen-bond donors (Lipinski definition) is 1. The molecule has 1 fully saturated rings. The second kappa shape index (κ2) is 8.68. The number of para-hydroxylation sites is 1. The first-order valence-corrected chi connectivity index (χ1v) is 10.5.